The molecule has 0 spiro atoms. The summed E-state index contributed by atoms with van der Waals surface area (Å²) in [5.74, 6) is 0.0511. The van der Waals surface area contributed by atoms with Crippen LogP contribution in [-0.4, -0.2) is 99.6 Å². The van der Waals surface area contributed by atoms with E-state index in [-0.39, 0.29) is 37.0 Å². The minimum Gasteiger partial charge on any atom is -0.464 e. The number of ketones is 1. The van der Waals surface area contributed by atoms with Crippen molar-refractivity contribution < 1.29 is 19.5 Å². The van der Waals surface area contributed by atoms with Crippen LogP contribution in [0, 0.1) is 0 Å². The van der Waals surface area contributed by atoms with Crippen LogP contribution < -0.4 is 10.2 Å². The average molecular weight is 419 g/mol. The van der Waals surface area contributed by atoms with E-state index >= 15 is 0 Å². The molecule has 2 aliphatic heterocycles. The standard InChI is InChI=1S/C19H29N7O4/c1-5-14(27)19(6-7-26(18(29)30)24(19)4)17(28)22-15-10-16(21-12-20-15)25-9-8-23(3)11-13(25)2/h10,12-13H,5-9,11H2,1-4H3,(H,29,30)(H,20,21,22,28)/t13-,19?/m1/s1. The minimum atomic E-state index is -1.58. The number of hydrogen-bond acceptors (Lipinski definition) is 8. The monoisotopic (exact) mass is 419 g/mol. The second-order valence-corrected chi connectivity index (χ2v) is 7.84. The molecule has 0 aromatic carbocycles. The molecule has 2 saturated heterocycles. The quantitative estimate of drug-likeness (QED) is 0.657. The van der Waals surface area contributed by atoms with Gasteiger partial charge in [-0.1, -0.05) is 6.92 Å². The zero-order valence-corrected chi connectivity index (χ0v) is 17.8. The number of carbonyl (C=O) groups is 3. The molecule has 0 radical (unpaired) electrons. The van der Waals surface area contributed by atoms with Crippen molar-refractivity contribution in [2.75, 3.05) is 50.5 Å². The van der Waals surface area contributed by atoms with Gasteiger partial charge in [0.1, 0.15) is 18.0 Å². The topological polar surface area (TPSA) is 122 Å². The van der Waals surface area contributed by atoms with Gasteiger partial charge in [0, 0.05) is 58.2 Å². The van der Waals surface area contributed by atoms with Crippen LogP contribution in [0.15, 0.2) is 12.4 Å². The van der Waals surface area contributed by atoms with Gasteiger partial charge in [-0.15, -0.1) is 0 Å². The summed E-state index contributed by atoms with van der Waals surface area (Å²) in [4.78, 5) is 50.4. The Hall–Kier alpha value is -2.79. The minimum absolute atomic E-state index is 0.0683. The molecule has 0 aliphatic carbocycles. The summed E-state index contributed by atoms with van der Waals surface area (Å²) in [5.41, 5.74) is -1.58. The number of piperazine rings is 1. The van der Waals surface area contributed by atoms with Crippen LogP contribution in [0.2, 0.25) is 0 Å². The fourth-order valence-electron chi connectivity index (χ4n) is 4.28. The van der Waals surface area contributed by atoms with E-state index < -0.39 is 17.5 Å². The van der Waals surface area contributed by atoms with Crippen LogP contribution in [-0.2, 0) is 9.59 Å². The Morgan fingerprint density at radius 1 is 1.23 bits per heavy atom. The summed E-state index contributed by atoms with van der Waals surface area (Å²) in [6.45, 7) is 6.44. The molecule has 2 atom stereocenters. The Morgan fingerprint density at radius 3 is 2.57 bits per heavy atom. The molecule has 3 rings (SSSR count). The predicted molar refractivity (Wildman–Crippen MR) is 110 cm³/mol. The molecule has 0 saturated carbocycles. The lowest BCUT2D eigenvalue weighted by Crippen LogP contribution is -2.60. The van der Waals surface area contributed by atoms with Crippen molar-refractivity contribution in [2.24, 2.45) is 0 Å². The second kappa shape index (κ2) is 8.52. The third-order valence-electron chi connectivity index (χ3n) is 6.00. The first kappa shape index (κ1) is 21.9. The van der Waals surface area contributed by atoms with Gasteiger partial charge >= 0.3 is 6.09 Å². The third-order valence-corrected chi connectivity index (χ3v) is 6.00. The zero-order valence-electron chi connectivity index (χ0n) is 17.8. The van der Waals surface area contributed by atoms with Crippen LogP contribution >= 0.6 is 0 Å². The summed E-state index contributed by atoms with van der Waals surface area (Å²) in [5, 5.41) is 14.3. The van der Waals surface area contributed by atoms with Gasteiger partial charge in [0.05, 0.1) is 0 Å². The van der Waals surface area contributed by atoms with Crippen molar-refractivity contribution in [3.8, 4) is 0 Å². The number of nitrogens with one attached hydrogen (secondary N) is 1. The van der Waals surface area contributed by atoms with E-state index in [9.17, 15) is 19.5 Å². The number of rotatable bonds is 5. The SMILES string of the molecule is CCC(=O)C1(C(=O)Nc2cc(N3CCN(C)C[C@H]3C)ncn2)CCN(C(=O)O)N1C. The Labute approximate surface area is 175 Å². The van der Waals surface area contributed by atoms with Gasteiger partial charge in [-0.2, -0.15) is 5.01 Å². The highest BCUT2D eigenvalue weighted by Crippen LogP contribution is 2.32. The van der Waals surface area contributed by atoms with E-state index in [1.54, 1.807) is 13.0 Å². The molecule has 30 heavy (non-hydrogen) atoms. The van der Waals surface area contributed by atoms with Gasteiger partial charge in [-0.05, 0) is 14.0 Å². The summed E-state index contributed by atoms with van der Waals surface area (Å²) in [7, 11) is 3.52. The lowest BCUT2D eigenvalue weighted by molar-refractivity contribution is -0.144. The van der Waals surface area contributed by atoms with Crippen molar-refractivity contribution in [3.63, 3.8) is 0 Å². The van der Waals surface area contributed by atoms with Crippen molar-refractivity contribution in [2.45, 2.75) is 38.3 Å². The highest BCUT2D eigenvalue weighted by molar-refractivity contribution is 6.15. The van der Waals surface area contributed by atoms with Crippen LogP contribution in [0.1, 0.15) is 26.7 Å². The summed E-state index contributed by atoms with van der Waals surface area (Å²) in [6, 6.07) is 1.94. The molecular formula is C19H29N7O4. The molecule has 11 heteroatoms. The summed E-state index contributed by atoms with van der Waals surface area (Å²) >= 11 is 0. The molecule has 3 heterocycles. The molecule has 2 N–H and O–H groups in total. The number of anilines is 2. The molecule has 0 bridgehead atoms. The van der Waals surface area contributed by atoms with Crippen LogP contribution in [0.25, 0.3) is 0 Å². The van der Waals surface area contributed by atoms with E-state index in [0.29, 0.717) is 5.82 Å². The number of hydrogen-bond donors (Lipinski definition) is 2. The maximum atomic E-state index is 13.2. The van der Waals surface area contributed by atoms with Crippen molar-refractivity contribution in [1.29, 1.82) is 0 Å². The number of Topliss-reactive ketones (excluding diaryl/α,β-unsaturated/α-hetero) is 1. The van der Waals surface area contributed by atoms with Gasteiger partial charge < -0.3 is 20.2 Å². The van der Waals surface area contributed by atoms with Crippen molar-refractivity contribution in [3.05, 3.63) is 12.4 Å². The molecule has 2 aliphatic rings. The lowest BCUT2D eigenvalue weighted by Gasteiger charge is -2.39. The third kappa shape index (κ3) is 3.82. The molecule has 1 unspecified atom stereocenters. The van der Waals surface area contributed by atoms with Crippen molar-refractivity contribution >= 4 is 29.4 Å². The Bertz CT molecular complexity index is 835. The number of aromatic nitrogens is 2. The zero-order chi connectivity index (χ0) is 22.1. The highest BCUT2D eigenvalue weighted by Gasteiger charge is 2.55. The fraction of sp³-hybridized carbons (Fsp3) is 0.632. The Kier molecular flexibility index (Phi) is 6.22. The number of carboxylic acid groups (broad SMARTS) is 1. The van der Waals surface area contributed by atoms with Gasteiger partial charge in [-0.25, -0.2) is 19.8 Å². The Balaban J connectivity index is 1.83. The number of amides is 2. The van der Waals surface area contributed by atoms with E-state index in [1.807, 2.05) is 0 Å². The van der Waals surface area contributed by atoms with Gasteiger partial charge in [-0.3, -0.25) is 9.59 Å². The summed E-state index contributed by atoms with van der Waals surface area (Å²) < 4.78 is 0. The van der Waals surface area contributed by atoms with E-state index in [4.69, 9.17) is 0 Å². The molecule has 11 nitrogen and oxygen atoms in total. The number of carbonyl (C=O) groups excluding carboxylic acids is 2. The second-order valence-electron chi connectivity index (χ2n) is 7.84. The van der Waals surface area contributed by atoms with Crippen LogP contribution in [0.5, 0.6) is 0 Å². The average Bonchev–Trinajstić information content (AvgIpc) is 3.06. The smallest absolute Gasteiger partial charge is 0.422 e. The van der Waals surface area contributed by atoms with Gasteiger partial charge in [0.2, 0.25) is 0 Å². The van der Waals surface area contributed by atoms with Gasteiger partial charge in [0.25, 0.3) is 5.91 Å². The maximum absolute atomic E-state index is 13.2. The first-order valence-corrected chi connectivity index (χ1v) is 10.1. The first-order chi connectivity index (χ1) is 14.2. The molecule has 164 valence electrons. The van der Waals surface area contributed by atoms with E-state index in [2.05, 4.69) is 39.1 Å². The summed E-state index contributed by atoms with van der Waals surface area (Å²) in [6.07, 6.45) is 0.372. The lowest BCUT2D eigenvalue weighted by atomic mass is 9.88. The molecule has 1 aromatic heterocycles. The van der Waals surface area contributed by atoms with E-state index in [1.165, 1.54) is 18.4 Å². The van der Waals surface area contributed by atoms with E-state index in [0.717, 1.165) is 24.6 Å². The predicted octanol–water partition coefficient (Wildman–Crippen LogP) is 0.504. The molecule has 1 aromatic rings. The van der Waals surface area contributed by atoms with Crippen LogP contribution in [0.3, 0.4) is 0 Å². The fourth-order valence-corrected chi connectivity index (χ4v) is 4.28. The van der Waals surface area contributed by atoms with Crippen molar-refractivity contribution in [1.82, 2.24) is 24.9 Å². The molecule has 2 fully saturated rings. The number of likely N-dealkylation sites (N-methyl/N-ethyl adjacent to an activating group) is 2. The number of nitrogens with zero attached hydrogens (tertiary/aromatic N) is 6. The maximum Gasteiger partial charge on any atom is 0.422 e. The highest BCUT2D eigenvalue weighted by atomic mass is 16.4. The number of hydrazine groups is 1. The first-order valence-electron chi connectivity index (χ1n) is 10.1. The molecule has 2 amide bonds. The van der Waals surface area contributed by atoms with Gasteiger partial charge in [0.15, 0.2) is 11.3 Å². The Morgan fingerprint density at radius 2 is 1.97 bits per heavy atom. The molecular weight excluding hydrogens is 390 g/mol. The normalized spacial score (nSPS) is 25.4. The largest absolute Gasteiger partial charge is 0.464 e. The van der Waals surface area contributed by atoms with Crippen LogP contribution in [0.4, 0.5) is 16.4 Å².